The van der Waals surface area contributed by atoms with Gasteiger partial charge in [-0.25, -0.2) is 4.98 Å². The first kappa shape index (κ1) is 20.0. The molecule has 1 atom stereocenters. The summed E-state index contributed by atoms with van der Waals surface area (Å²) < 4.78 is 5.17. The predicted octanol–water partition coefficient (Wildman–Crippen LogP) is 4.23. The quantitative estimate of drug-likeness (QED) is 0.627. The van der Waals surface area contributed by atoms with Crippen molar-refractivity contribution in [3.05, 3.63) is 63.3 Å². The zero-order chi connectivity index (χ0) is 20.1. The number of ether oxygens (including phenoxy) is 1. The van der Waals surface area contributed by atoms with Crippen molar-refractivity contribution < 1.29 is 14.3 Å². The van der Waals surface area contributed by atoms with E-state index in [9.17, 15) is 9.59 Å². The van der Waals surface area contributed by atoms with E-state index in [4.69, 9.17) is 4.74 Å². The van der Waals surface area contributed by atoms with E-state index in [1.807, 2.05) is 42.6 Å². The van der Waals surface area contributed by atoms with Crippen LogP contribution in [-0.2, 0) is 11.2 Å². The molecule has 0 fully saturated rings. The van der Waals surface area contributed by atoms with Gasteiger partial charge in [0.1, 0.15) is 5.75 Å². The highest BCUT2D eigenvalue weighted by molar-refractivity contribution is 7.14. The summed E-state index contributed by atoms with van der Waals surface area (Å²) in [6.45, 7) is 1.98. The number of nitrogens with one attached hydrogen (secondary N) is 1. The van der Waals surface area contributed by atoms with Crippen LogP contribution >= 0.6 is 22.7 Å². The number of thiazole rings is 1. The van der Waals surface area contributed by atoms with Crippen LogP contribution in [-0.4, -0.2) is 35.9 Å². The molecule has 0 saturated heterocycles. The standard InChI is InChI=1S/C20H21N3O3S2/c1-13(14-6-8-16(26-3)9-7-14)23(2)18(24)11-15-12-28-20(21-15)22-19(25)17-5-4-10-27-17/h4-10,12-13H,11H2,1-3H3,(H,21,22,25). The Morgan fingerprint density at radius 2 is 1.96 bits per heavy atom. The SMILES string of the molecule is COc1ccc(C(C)N(C)C(=O)Cc2csc(NC(=O)c3cccs3)n2)cc1. The van der Waals surface area contributed by atoms with Gasteiger partial charge >= 0.3 is 0 Å². The van der Waals surface area contributed by atoms with E-state index in [0.29, 0.717) is 15.7 Å². The first-order valence-corrected chi connectivity index (χ1v) is 10.4. The minimum Gasteiger partial charge on any atom is -0.497 e. The Morgan fingerprint density at radius 3 is 2.61 bits per heavy atom. The molecule has 0 saturated carbocycles. The Balaban J connectivity index is 1.59. The number of methoxy groups -OCH3 is 1. The lowest BCUT2D eigenvalue weighted by Gasteiger charge is -2.25. The van der Waals surface area contributed by atoms with E-state index >= 15 is 0 Å². The van der Waals surface area contributed by atoms with Gasteiger partial charge in [-0.1, -0.05) is 18.2 Å². The van der Waals surface area contributed by atoms with Crippen LogP contribution in [0.2, 0.25) is 0 Å². The maximum atomic E-state index is 12.6. The summed E-state index contributed by atoms with van der Waals surface area (Å²) >= 11 is 2.69. The highest BCUT2D eigenvalue weighted by Gasteiger charge is 2.19. The number of carbonyl (C=O) groups is 2. The molecule has 3 rings (SSSR count). The lowest BCUT2D eigenvalue weighted by Crippen LogP contribution is -2.31. The van der Waals surface area contributed by atoms with Crippen molar-refractivity contribution in [2.45, 2.75) is 19.4 Å². The Bertz CT molecular complexity index is 936. The minimum atomic E-state index is -0.188. The number of nitrogens with zero attached hydrogens (tertiary/aromatic N) is 2. The lowest BCUT2D eigenvalue weighted by molar-refractivity contribution is -0.131. The van der Waals surface area contributed by atoms with Gasteiger partial charge in [-0.2, -0.15) is 0 Å². The van der Waals surface area contributed by atoms with E-state index in [1.165, 1.54) is 22.7 Å². The van der Waals surface area contributed by atoms with E-state index in [2.05, 4.69) is 10.3 Å². The minimum absolute atomic E-state index is 0.0373. The molecule has 2 amide bonds. The monoisotopic (exact) mass is 415 g/mol. The number of amides is 2. The van der Waals surface area contributed by atoms with Gasteiger partial charge in [-0.3, -0.25) is 14.9 Å². The van der Waals surface area contributed by atoms with Gasteiger partial charge < -0.3 is 9.64 Å². The summed E-state index contributed by atoms with van der Waals surface area (Å²) in [5, 5.41) is 6.91. The summed E-state index contributed by atoms with van der Waals surface area (Å²) in [5.74, 6) is 0.557. The Morgan fingerprint density at radius 1 is 1.21 bits per heavy atom. The molecule has 28 heavy (non-hydrogen) atoms. The first-order valence-electron chi connectivity index (χ1n) is 8.67. The second-order valence-corrected chi connectivity index (χ2v) is 8.01. The molecule has 146 valence electrons. The van der Waals surface area contributed by atoms with Gasteiger partial charge in [0.25, 0.3) is 5.91 Å². The highest BCUT2D eigenvalue weighted by Crippen LogP contribution is 2.23. The Labute approximate surface area is 171 Å². The molecule has 2 aromatic heterocycles. The number of thiophene rings is 1. The van der Waals surface area contributed by atoms with Crippen LogP contribution < -0.4 is 10.1 Å². The molecule has 0 aliphatic carbocycles. The number of likely N-dealkylation sites (N-methyl/N-ethyl adjacent to an activating group) is 1. The van der Waals surface area contributed by atoms with Crippen LogP contribution in [0.5, 0.6) is 5.75 Å². The van der Waals surface area contributed by atoms with Gasteiger partial charge in [-0.05, 0) is 36.1 Å². The maximum Gasteiger partial charge on any atom is 0.267 e. The van der Waals surface area contributed by atoms with Crippen molar-refractivity contribution >= 4 is 39.6 Å². The molecular formula is C20H21N3O3S2. The lowest BCUT2D eigenvalue weighted by atomic mass is 10.1. The molecule has 6 nitrogen and oxygen atoms in total. The maximum absolute atomic E-state index is 12.6. The number of carbonyl (C=O) groups excluding carboxylic acids is 2. The molecule has 8 heteroatoms. The van der Waals surface area contributed by atoms with Crippen molar-refractivity contribution in [2.24, 2.45) is 0 Å². The summed E-state index contributed by atoms with van der Waals surface area (Å²) in [5.41, 5.74) is 1.67. The van der Waals surface area contributed by atoms with Gasteiger partial charge in [0.15, 0.2) is 5.13 Å². The van der Waals surface area contributed by atoms with Crippen LogP contribution in [0.15, 0.2) is 47.2 Å². The van der Waals surface area contributed by atoms with Crippen molar-refractivity contribution in [1.29, 1.82) is 0 Å². The predicted molar refractivity (Wildman–Crippen MR) is 112 cm³/mol. The fraction of sp³-hybridized carbons (Fsp3) is 0.250. The smallest absolute Gasteiger partial charge is 0.267 e. The molecule has 2 heterocycles. The van der Waals surface area contributed by atoms with Gasteiger partial charge in [0.05, 0.1) is 30.1 Å². The molecule has 1 unspecified atom stereocenters. The normalized spacial score (nSPS) is 11.7. The Kier molecular flexibility index (Phi) is 6.43. The topological polar surface area (TPSA) is 71.5 Å². The molecule has 0 bridgehead atoms. The van der Waals surface area contributed by atoms with Gasteiger partial charge in [0.2, 0.25) is 5.91 Å². The molecule has 0 radical (unpaired) electrons. The zero-order valence-corrected chi connectivity index (χ0v) is 17.5. The van der Waals surface area contributed by atoms with Crippen LogP contribution in [0, 0.1) is 0 Å². The third-order valence-electron chi connectivity index (χ3n) is 4.42. The number of aromatic nitrogens is 1. The summed E-state index contributed by atoms with van der Waals surface area (Å²) in [4.78, 5) is 31.4. The second-order valence-electron chi connectivity index (χ2n) is 6.21. The number of hydrogen-bond donors (Lipinski definition) is 1. The van der Waals surface area contributed by atoms with Crippen molar-refractivity contribution in [3.63, 3.8) is 0 Å². The van der Waals surface area contributed by atoms with Crippen LogP contribution in [0.25, 0.3) is 0 Å². The fourth-order valence-electron chi connectivity index (χ4n) is 2.61. The first-order chi connectivity index (χ1) is 13.5. The molecule has 0 spiro atoms. The molecule has 1 aromatic carbocycles. The average Bonchev–Trinajstić information content (AvgIpc) is 3.39. The molecule has 1 N–H and O–H groups in total. The number of hydrogen-bond acceptors (Lipinski definition) is 6. The van der Waals surface area contributed by atoms with E-state index < -0.39 is 0 Å². The van der Waals surface area contributed by atoms with Crippen LogP contribution in [0.3, 0.4) is 0 Å². The van der Waals surface area contributed by atoms with Crippen molar-refractivity contribution in [2.75, 3.05) is 19.5 Å². The zero-order valence-electron chi connectivity index (χ0n) is 15.8. The number of rotatable bonds is 7. The number of anilines is 1. The summed E-state index contributed by atoms with van der Waals surface area (Å²) in [7, 11) is 3.40. The van der Waals surface area contributed by atoms with Gasteiger partial charge in [-0.15, -0.1) is 22.7 Å². The fourth-order valence-corrected chi connectivity index (χ4v) is 3.94. The van der Waals surface area contributed by atoms with Crippen molar-refractivity contribution in [3.8, 4) is 5.75 Å². The summed E-state index contributed by atoms with van der Waals surface area (Å²) in [6.07, 6.45) is 0.183. The van der Waals surface area contributed by atoms with Crippen molar-refractivity contribution in [1.82, 2.24) is 9.88 Å². The second kappa shape index (κ2) is 8.99. The third kappa shape index (κ3) is 4.76. The largest absolute Gasteiger partial charge is 0.497 e. The van der Waals surface area contributed by atoms with Crippen LogP contribution in [0.1, 0.15) is 33.9 Å². The Hall–Kier alpha value is -2.71. The van der Waals surface area contributed by atoms with E-state index in [-0.39, 0.29) is 24.3 Å². The molecular weight excluding hydrogens is 394 g/mol. The molecule has 0 aliphatic rings. The van der Waals surface area contributed by atoms with Crippen LogP contribution in [0.4, 0.5) is 5.13 Å². The average molecular weight is 416 g/mol. The highest BCUT2D eigenvalue weighted by atomic mass is 32.1. The molecule has 0 aliphatic heterocycles. The van der Waals surface area contributed by atoms with E-state index in [0.717, 1.165) is 11.3 Å². The summed E-state index contributed by atoms with van der Waals surface area (Å²) in [6, 6.07) is 11.2. The number of benzene rings is 1. The van der Waals surface area contributed by atoms with E-state index in [1.54, 1.807) is 30.5 Å². The van der Waals surface area contributed by atoms with Gasteiger partial charge in [0, 0.05) is 12.4 Å². The third-order valence-corrected chi connectivity index (χ3v) is 6.10. The molecule has 3 aromatic rings.